The highest BCUT2D eigenvalue weighted by molar-refractivity contribution is 5.78. The molecule has 1 aliphatic rings. The fourth-order valence-electron chi connectivity index (χ4n) is 2.79. The minimum Gasteiger partial charge on any atom is -0.431 e. The highest BCUT2D eigenvalue weighted by atomic mass is 16.8. The molecule has 1 saturated heterocycles. The molecule has 1 rings (SSSR count). The van der Waals surface area contributed by atoms with Crippen molar-refractivity contribution < 1.29 is 54.1 Å². The van der Waals surface area contributed by atoms with Gasteiger partial charge in [0.05, 0.1) is 36.9 Å². The van der Waals surface area contributed by atoms with Gasteiger partial charge in [0.15, 0.2) is 0 Å². The number of hydrogen-bond acceptors (Lipinski definition) is 12. The van der Waals surface area contributed by atoms with E-state index in [0.29, 0.717) is 0 Å². The number of rotatable bonds is 8. The number of nitrogens with two attached hydrogens (primary N) is 1. The second kappa shape index (κ2) is 10.3. The largest absolute Gasteiger partial charge is 0.511 e. The van der Waals surface area contributed by atoms with Gasteiger partial charge in [0.1, 0.15) is 6.23 Å². The van der Waals surface area contributed by atoms with E-state index >= 15 is 0 Å². The third kappa shape index (κ3) is 6.81. The summed E-state index contributed by atoms with van der Waals surface area (Å²) < 4.78 is 19.5. The summed E-state index contributed by atoms with van der Waals surface area (Å²) in [6.07, 6.45) is -9.71. The molecule has 12 heteroatoms. The molecular formula is C16H29NO11. The first-order valence-corrected chi connectivity index (χ1v) is 8.78. The van der Waals surface area contributed by atoms with Crippen LogP contribution in [0, 0.1) is 5.92 Å². The summed E-state index contributed by atoms with van der Waals surface area (Å²) >= 11 is 0. The third-order valence-corrected chi connectivity index (χ3v) is 4.00. The van der Waals surface area contributed by atoms with Crippen LogP contribution in [0.2, 0.25) is 0 Å². The number of esters is 1. The third-order valence-electron chi connectivity index (χ3n) is 4.00. The van der Waals surface area contributed by atoms with Crippen LogP contribution in [0.1, 0.15) is 33.6 Å². The van der Waals surface area contributed by atoms with Crippen LogP contribution in [0.4, 0.5) is 4.79 Å². The number of carbonyl (C=O) groups is 2. The van der Waals surface area contributed by atoms with Crippen molar-refractivity contribution in [3.63, 3.8) is 0 Å². The van der Waals surface area contributed by atoms with E-state index in [4.69, 9.17) is 29.8 Å². The molecule has 1 aliphatic heterocycles. The van der Waals surface area contributed by atoms with E-state index in [1.807, 2.05) is 0 Å². The lowest BCUT2D eigenvalue weighted by Gasteiger charge is -2.44. The fourth-order valence-corrected chi connectivity index (χ4v) is 2.79. The zero-order chi connectivity index (χ0) is 21.6. The quantitative estimate of drug-likeness (QED) is 0.188. The molecular weight excluding hydrogens is 382 g/mol. The predicted molar refractivity (Wildman–Crippen MR) is 90.1 cm³/mol. The molecule has 5 unspecified atom stereocenters. The molecule has 164 valence electrons. The molecule has 0 aliphatic carbocycles. The van der Waals surface area contributed by atoms with Crippen molar-refractivity contribution in [2.75, 3.05) is 6.61 Å². The van der Waals surface area contributed by atoms with Gasteiger partial charge in [0.25, 0.3) is 5.79 Å². The highest BCUT2D eigenvalue weighted by Gasteiger charge is 2.53. The van der Waals surface area contributed by atoms with E-state index in [1.54, 1.807) is 13.8 Å². The van der Waals surface area contributed by atoms with Crippen LogP contribution in [0.3, 0.4) is 0 Å². The van der Waals surface area contributed by atoms with E-state index in [1.165, 1.54) is 6.92 Å². The summed E-state index contributed by atoms with van der Waals surface area (Å²) in [5.74, 6) is -5.18. The Kier molecular flexibility index (Phi) is 9.01. The summed E-state index contributed by atoms with van der Waals surface area (Å²) in [5.41, 5.74) is 5.41. The van der Waals surface area contributed by atoms with Gasteiger partial charge in [-0.25, -0.2) is 9.59 Å². The van der Waals surface area contributed by atoms with Crippen molar-refractivity contribution in [2.24, 2.45) is 11.7 Å². The SMILES string of the molecule is CC(C)OC(=O)OC(C)OC(=O)C1(O)CC(O)C([C@@H](N)O)C(C[C@H](O)CO)O1. The molecule has 0 amide bonds. The van der Waals surface area contributed by atoms with E-state index in [2.05, 4.69) is 0 Å². The van der Waals surface area contributed by atoms with Crippen LogP contribution in [-0.4, -0.2) is 87.0 Å². The van der Waals surface area contributed by atoms with Crippen LogP contribution in [0.15, 0.2) is 0 Å². The first kappa shape index (κ1) is 24.5. The second-order valence-corrected chi connectivity index (χ2v) is 6.86. The van der Waals surface area contributed by atoms with E-state index in [0.717, 1.165) is 0 Å². The molecule has 0 spiro atoms. The molecule has 0 aromatic heterocycles. The van der Waals surface area contributed by atoms with Gasteiger partial charge >= 0.3 is 12.1 Å². The van der Waals surface area contributed by atoms with Gasteiger partial charge in [-0.3, -0.25) is 0 Å². The zero-order valence-corrected chi connectivity index (χ0v) is 15.9. The summed E-state index contributed by atoms with van der Waals surface area (Å²) in [4.78, 5) is 23.7. The van der Waals surface area contributed by atoms with Gasteiger partial charge in [0, 0.05) is 19.8 Å². The maximum Gasteiger partial charge on any atom is 0.511 e. The maximum atomic E-state index is 12.3. The van der Waals surface area contributed by atoms with Crippen molar-refractivity contribution in [2.45, 2.75) is 76.3 Å². The Morgan fingerprint density at radius 2 is 1.82 bits per heavy atom. The van der Waals surface area contributed by atoms with Crippen molar-refractivity contribution >= 4 is 12.1 Å². The minimum atomic E-state index is -2.66. The van der Waals surface area contributed by atoms with Crippen molar-refractivity contribution in [3.05, 3.63) is 0 Å². The van der Waals surface area contributed by atoms with Crippen LogP contribution >= 0.6 is 0 Å². The van der Waals surface area contributed by atoms with Crippen LogP contribution < -0.4 is 5.73 Å². The maximum absolute atomic E-state index is 12.3. The molecule has 0 aromatic rings. The lowest BCUT2D eigenvalue weighted by atomic mass is 9.83. The highest BCUT2D eigenvalue weighted by Crippen LogP contribution is 2.35. The predicted octanol–water partition coefficient (Wildman–Crippen LogP) is -2.09. The molecule has 1 heterocycles. The monoisotopic (exact) mass is 411 g/mol. The van der Waals surface area contributed by atoms with Gasteiger partial charge < -0.3 is 50.2 Å². The Labute approximate surface area is 161 Å². The number of aliphatic hydroxyl groups is 5. The molecule has 7 N–H and O–H groups in total. The molecule has 0 radical (unpaired) electrons. The summed E-state index contributed by atoms with van der Waals surface area (Å²) in [7, 11) is 0. The van der Waals surface area contributed by atoms with Gasteiger partial charge in [-0.05, 0) is 13.8 Å². The van der Waals surface area contributed by atoms with Crippen molar-refractivity contribution in [1.29, 1.82) is 0 Å². The van der Waals surface area contributed by atoms with Crippen LogP contribution in [0.25, 0.3) is 0 Å². The van der Waals surface area contributed by atoms with Gasteiger partial charge in [-0.2, -0.15) is 0 Å². The lowest BCUT2D eigenvalue weighted by Crippen LogP contribution is -2.61. The summed E-state index contributed by atoms with van der Waals surface area (Å²) in [5, 5.41) is 49.0. The van der Waals surface area contributed by atoms with Gasteiger partial charge in [-0.15, -0.1) is 0 Å². The molecule has 12 nitrogen and oxygen atoms in total. The first-order chi connectivity index (χ1) is 12.9. The van der Waals surface area contributed by atoms with E-state index in [-0.39, 0.29) is 6.42 Å². The molecule has 7 atom stereocenters. The first-order valence-electron chi connectivity index (χ1n) is 8.78. The normalized spacial score (nSPS) is 31.0. The molecule has 28 heavy (non-hydrogen) atoms. The van der Waals surface area contributed by atoms with Gasteiger partial charge in [-0.1, -0.05) is 0 Å². The summed E-state index contributed by atoms with van der Waals surface area (Å²) in [6.45, 7) is 3.71. The molecule has 1 fully saturated rings. The number of hydrogen-bond donors (Lipinski definition) is 6. The Bertz CT molecular complexity index is 529. The number of aliphatic hydroxyl groups excluding tert-OH is 4. The Hall–Kier alpha value is -1.54. The minimum absolute atomic E-state index is 0.338. The van der Waals surface area contributed by atoms with Crippen LogP contribution in [0.5, 0.6) is 0 Å². The van der Waals surface area contributed by atoms with Crippen LogP contribution in [-0.2, 0) is 23.7 Å². The Morgan fingerprint density at radius 1 is 1.21 bits per heavy atom. The second-order valence-electron chi connectivity index (χ2n) is 6.86. The Balaban J connectivity index is 2.84. The van der Waals surface area contributed by atoms with Crippen molar-refractivity contribution in [1.82, 2.24) is 0 Å². The number of ether oxygens (including phenoxy) is 4. The zero-order valence-electron chi connectivity index (χ0n) is 15.9. The van der Waals surface area contributed by atoms with Gasteiger partial charge in [0.2, 0.25) is 6.29 Å². The molecule has 0 bridgehead atoms. The average molecular weight is 411 g/mol. The van der Waals surface area contributed by atoms with E-state index < -0.39 is 73.8 Å². The summed E-state index contributed by atoms with van der Waals surface area (Å²) in [6, 6.07) is 0. The van der Waals surface area contributed by atoms with E-state index in [9.17, 15) is 30.0 Å². The molecule has 0 saturated carbocycles. The smallest absolute Gasteiger partial charge is 0.431 e. The fraction of sp³-hybridized carbons (Fsp3) is 0.875. The Morgan fingerprint density at radius 3 is 2.32 bits per heavy atom. The average Bonchev–Trinajstić information content (AvgIpc) is 2.52. The standard InChI is InChI=1S/C16H29NO11/c1-7(2)25-15(23)27-8(3)26-14(22)16(24)5-10(20)12(13(17)21)11(28-16)4-9(19)6-18/h7-13,18-21,24H,4-6,17H2,1-3H3/t8?,9-,10?,11?,12?,13-,16?/m0/s1. The molecule has 0 aromatic carbocycles. The lowest BCUT2D eigenvalue weighted by molar-refractivity contribution is -0.303. The number of carbonyl (C=O) groups excluding carboxylic acids is 2. The topological polar surface area (TPSA) is 198 Å². The van der Waals surface area contributed by atoms with Crippen molar-refractivity contribution in [3.8, 4) is 0 Å².